The Morgan fingerprint density at radius 2 is 1.76 bits per heavy atom. The second kappa shape index (κ2) is 12.7. The van der Waals surface area contributed by atoms with E-state index in [9.17, 15) is 18.3 Å². The smallest absolute Gasteiger partial charge is 0.285 e. The highest BCUT2D eigenvalue weighted by Crippen LogP contribution is 2.35. The first-order valence-corrected chi connectivity index (χ1v) is 14.8. The molecule has 0 bridgehead atoms. The Morgan fingerprint density at radius 1 is 1.05 bits per heavy atom. The van der Waals surface area contributed by atoms with Gasteiger partial charge in [-0.2, -0.15) is 0 Å². The maximum absolute atomic E-state index is 13.7. The van der Waals surface area contributed by atoms with Crippen LogP contribution in [0.5, 0.6) is 5.88 Å². The van der Waals surface area contributed by atoms with Gasteiger partial charge in [-0.3, -0.25) is 14.0 Å². The summed E-state index contributed by atoms with van der Waals surface area (Å²) in [5, 5.41) is 22.1. The van der Waals surface area contributed by atoms with Crippen molar-refractivity contribution in [3.05, 3.63) is 77.8 Å². The number of halogens is 1. The van der Waals surface area contributed by atoms with Crippen LogP contribution < -0.4 is 9.62 Å². The fourth-order valence-electron chi connectivity index (χ4n) is 4.45. The van der Waals surface area contributed by atoms with Crippen molar-refractivity contribution in [1.29, 1.82) is 0 Å². The zero-order chi connectivity index (χ0) is 28.8. The number of anilines is 2. The number of aromatic hydroxyl groups is 1. The van der Waals surface area contributed by atoms with E-state index in [2.05, 4.69) is 25.4 Å². The van der Waals surface area contributed by atoms with Crippen LogP contribution in [0.2, 0.25) is 5.02 Å². The van der Waals surface area contributed by atoms with E-state index in [4.69, 9.17) is 16.3 Å². The normalized spacial score (nSPS) is 14.5. The summed E-state index contributed by atoms with van der Waals surface area (Å²) in [5.74, 6) is -1.07. The molecule has 1 fully saturated rings. The van der Waals surface area contributed by atoms with Crippen LogP contribution in [-0.4, -0.2) is 75.3 Å². The largest absolute Gasteiger partial charge is 0.493 e. The van der Waals surface area contributed by atoms with Crippen molar-refractivity contribution in [1.82, 2.24) is 9.88 Å². The third-order valence-electron chi connectivity index (χ3n) is 6.62. The number of hydrogen-bond acceptors (Lipinski definition) is 8. The summed E-state index contributed by atoms with van der Waals surface area (Å²) in [5.41, 5.74) is 1.72. The van der Waals surface area contributed by atoms with Crippen LogP contribution in [0.1, 0.15) is 0 Å². The van der Waals surface area contributed by atoms with Crippen molar-refractivity contribution in [2.45, 2.75) is 4.90 Å². The summed E-state index contributed by atoms with van der Waals surface area (Å²) in [6.07, 6.45) is 0. The highest BCUT2D eigenvalue weighted by atomic mass is 35.5. The number of rotatable bonds is 10. The number of azo groups is 1. The van der Waals surface area contributed by atoms with Gasteiger partial charge in [-0.15, -0.1) is 10.2 Å². The van der Waals surface area contributed by atoms with Gasteiger partial charge in [0.05, 0.1) is 29.3 Å². The van der Waals surface area contributed by atoms with Crippen LogP contribution in [0.4, 0.5) is 17.1 Å². The van der Waals surface area contributed by atoms with Gasteiger partial charge in [-0.25, -0.2) is 8.42 Å². The van der Waals surface area contributed by atoms with E-state index >= 15 is 0 Å². The Hall–Kier alpha value is -3.97. The van der Waals surface area contributed by atoms with Gasteiger partial charge in [0.15, 0.2) is 5.69 Å². The molecule has 1 saturated heterocycles. The van der Waals surface area contributed by atoms with Gasteiger partial charge >= 0.3 is 0 Å². The summed E-state index contributed by atoms with van der Waals surface area (Å²) < 4.78 is 33.8. The topological polar surface area (TPSA) is 140 Å². The van der Waals surface area contributed by atoms with Crippen LogP contribution in [0.3, 0.4) is 0 Å². The number of nitrogens with zero attached hydrogens (tertiary/aromatic N) is 4. The Kier molecular flexibility index (Phi) is 8.84. The molecule has 1 aromatic heterocycles. The molecule has 1 amide bonds. The molecule has 4 aromatic rings. The van der Waals surface area contributed by atoms with Crippen molar-refractivity contribution in [2.24, 2.45) is 10.2 Å². The standard InChI is InChI=1S/C28H29ClN6O5S/c29-20-5-9-22(10-6-20)35(19-26(36)32-33-27-24-3-1-2-4-25(24)31-28(27)37)41(38,39)23-11-7-21(8-12-23)30-13-14-34-15-17-40-18-16-34/h1-12,30-31,37H,13-19H2. The minimum atomic E-state index is -4.17. The maximum atomic E-state index is 13.7. The fraction of sp³-hybridized carbons (Fsp3) is 0.250. The number of carbonyl (C=O) groups excluding carboxylic acids is 1. The summed E-state index contributed by atoms with van der Waals surface area (Å²) in [4.78, 5) is 18.0. The van der Waals surface area contributed by atoms with Gasteiger partial charge in [0, 0.05) is 42.3 Å². The van der Waals surface area contributed by atoms with Gasteiger partial charge in [0.25, 0.3) is 15.9 Å². The van der Waals surface area contributed by atoms with Gasteiger partial charge in [-0.05, 0) is 54.6 Å². The average molecular weight is 597 g/mol. The highest BCUT2D eigenvalue weighted by Gasteiger charge is 2.27. The number of aromatic amines is 1. The van der Waals surface area contributed by atoms with E-state index in [1.807, 2.05) is 0 Å². The predicted molar refractivity (Wildman–Crippen MR) is 158 cm³/mol. The number of nitrogens with one attached hydrogen (secondary N) is 2. The lowest BCUT2D eigenvalue weighted by Crippen LogP contribution is -2.39. The molecule has 0 unspecified atom stereocenters. The lowest BCUT2D eigenvalue weighted by Gasteiger charge is -2.26. The lowest BCUT2D eigenvalue weighted by atomic mass is 10.2. The molecule has 41 heavy (non-hydrogen) atoms. The number of sulfonamides is 1. The van der Waals surface area contributed by atoms with Crippen molar-refractivity contribution < 1.29 is 23.1 Å². The zero-order valence-electron chi connectivity index (χ0n) is 22.0. The number of morpholine rings is 1. The van der Waals surface area contributed by atoms with Crippen molar-refractivity contribution in [2.75, 3.05) is 55.6 Å². The minimum absolute atomic E-state index is 0.00481. The Balaban J connectivity index is 1.33. The Labute approximate surface area is 242 Å². The van der Waals surface area contributed by atoms with E-state index in [0.29, 0.717) is 22.5 Å². The second-order valence-corrected chi connectivity index (χ2v) is 11.7. The molecule has 3 N–H and O–H groups in total. The third-order valence-corrected chi connectivity index (χ3v) is 8.66. The van der Waals surface area contributed by atoms with Crippen LogP contribution in [0.15, 0.2) is 87.9 Å². The van der Waals surface area contributed by atoms with Gasteiger partial charge in [-0.1, -0.05) is 29.8 Å². The van der Waals surface area contributed by atoms with Crippen LogP contribution in [0, 0.1) is 0 Å². The fourth-order valence-corrected chi connectivity index (χ4v) is 5.99. The molecule has 5 rings (SSSR count). The maximum Gasteiger partial charge on any atom is 0.285 e. The number of benzene rings is 3. The summed E-state index contributed by atoms with van der Waals surface area (Å²) in [6.45, 7) is 4.17. The first-order chi connectivity index (χ1) is 19.8. The molecule has 0 atom stereocenters. The molecule has 3 aromatic carbocycles. The molecule has 0 spiro atoms. The Morgan fingerprint density at radius 3 is 2.49 bits per heavy atom. The van der Waals surface area contributed by atoms with E-state index < -0.39 is 22.5 Å². The molecule has 1 aliphatic rings. The second-order valence-electron chi connectivity index (χ2n) is 9.35. The molecular weight excluding hydrogens is 568 g/mol. The lowest BCUT2D eigenvalue weighted by molar-refractivity contribution is -0.116. The van der Waals surface area contributed by atoms with Crippen LogP contribution in [-0.2, 0) is 19.6 Å². The van der Waals surface area contributed by atoms with Gasteiger partial charge in [0.1, 0.15) is 6.54 Å². The van der Waals surface area contributed by atoms with Gasteiger partial charge in [0.2, 0.25) is 5.88 Å². The number of carbonyl (C=O) groups is 1. The number of ether oxygens (including phenoxy) is 1. The number of para-hydroxylation sites is 1. The summed E-state index contributed by atoms with van der Waals surface area (Å²) in [6, 6.07) is 19.5. The number of H-pyrrole nitrogens is 1. The molecule has 214 valence electrons. The average Bonchev–Trinajstić information content (AvgIpc) is 3.31. The molecule has 13 heteroatoms. The molecule has 0 radical (unpaired) electrons. The number of aromatic nitrogens is 1. The van der Waals surface area contributed by atoms with Gasteiger partial charge < -0.3 is 20.1 Å². The van der Waals surface area contributed by atoms with E-state index in [0.717, 1.165) is 42.8 Å². The SMILES string of the molecule is O=C(CN(c1ccc(Cl)cc1)S(=O)(=O)c1ccc(NCCN2CCOCC2)cc1)N=Nc1c(O)[nH]c2ccccc12. The number of fused-ring (bicyclic) bond motifs is 1. The Bertz CT molecular complexity index is 1640. The van der Waals surface area contributed by atoms with Crippen molar-refractivity contribution >= 4 is 55.5 Å². The van der Waals surface area contributed by atoms with Crippen LogP contribution in [0.25, 0.3) is 10.9 Å². The molecule has 2 heterocycles. The van der Waals surface area contributed by atoms with E-state index in [-0.39, 0.29) is 22.2 Å². The molecule has 0 saturated carbocycles. The zero-order valence-corrected chi connectivity index (χ0v) is 23.6. The molecule has 1 aliphatic heterocycles. The quantitative estimate of drug-likeness (QED) is 0.224. The molecule has 11 nitrogen and oxygen atoms in total. The molecular formula is C28H29ClN6O5S. The summed E-state index contributed by atoms with van der Waals surface area (Å²) in [7, 11) is -4.17. The first-order valence-electron chi connectivity index (χ1n) is 13.0. The number of hydrogen-bond donors (Lipinski definition) is 3. The monoisotopic (exact) mass is 596 g/mol. The highest BCUT2D eigenvalue weighted by molar-refractivity contribution is 7.92. The third kappa shape index (κ3) is 6.85. The predicted octanol–water partition coefficient (Wildman–Crippen LogP) is 4.78. The number of amides is 1. The summed E-state index contributed by atoms with van der Waals surface area (Å²) >= 11 is 6.02. The minimum Gasteiger partial charge on any atom is -0.493 e. The van der Waals surface area contributed by atoms with Crippen molar-refractivity contribution in [3.63, 3.8) is 0 Å². The van der Waals surface area contributed by atoms with Crippen LogP contribution >= 0.6 is 11.6 Å². The van der Waals surface area contributed by atoms with Crippen molar-refractivity contribution in [3.8, 4) is 5.88 Å². The first kappa shape index (κ1) is 28.6. The molecule has 0 aliphatic carbocycles. The van der Waals surface area contributed by atoms with E-state index in [1.165, 1.54) is 36.4 Å². The van der Waals surface area contributed by atoms with E-state index in [1.54, 1.807) is 36.4 Å².